The fourth-order valence-corrected chi connectivity index (χ4v) is 7.30. The van der Waals surface area contributed by atoms with Crippen LogP contribution >= 0.6 is 0 Å². The molecule has 5 rings (SSSR count). The molecule has 3 aliphatic rings. The largest absolute Gasteiger partial charge is 0.0995 e. The highest BCUT2D eigenvalue weighted by molar-refractivity contribution is 5.75. The molecule has 0 aliphatic heterocycles. The minimum Gasteiger partial charge on any atom is -0.0995 e. The summed E-state index contributed by atoms with van der Waals surface area (Å²) in [7, 11) is 0. The maximum Gasteiger partial charge on any atom is 0.0123 e. The van der Waals surface area contributed by atoms with Gasteiger partial charge in [-0.2, -0.15) is 0 Å². The normalized spacial score (nSPS) is 25.3. The third-order valence-electron chi connectivity index (χ3n) is 9.21. The summed E-state index contributed by atoms with van der Waals surface area (Å²) in [6.07, 6.45) is 14.9. The van der Waals surface area contributed by atoms with E-state index in [1.54, 1.807) is 5.57 Å². The van der Waals surface area contributed by atoms with E-state index in [-0.39, 0.29) is 0 Å². The molecule has 0 spiro atoms. The first kappa shape index (κ1) is 27.2. The van der Waals surface area contributed by atoms with Crippen LogP contribution in [-0.4, -0.2) is 0 Å². The highest BCUT2D eigenvalue weighted by Gasteiger charge is 2.45. The van der Waals surface area contributed by atoms with Crippen molar-refractivity contribution in [2.45, 2.75) is 65.7 Å². The van der Waals surface area contributed by atoms with E-state index in [0.29, 0.717) is 23.7 Å². The minimum absolute atomic E-state index is 0.364. The Balaban J connectivity index is 1.44. The Morgan fingerprint density at radius 2 is 1.72 bits per heavy atom. The highest BCUT2D eigenvalue weighted by atomic mass is 14.5. The fourth-order valence-electron chi connectivity index (χ4n) is 7.30. The third-order valence-corrected chi connectivity index (χ3v) is 9.21. The van der Waals surface area contributed by atoms with Crippen LogP contribution in [0, 0.1) is 17.8 Å². The van der Waals surface area contributed by atoms with Gasteiger partial charge in [0.2, 0.25) is 0 Å². The van der Waals surface area contributed by atoms with Crippen LogP contribution in [-0.2, 0) is 6.42 Å². The van der Waals surface area contributed by atoms with Gasteiger partial charge in [-0.1, -0.05) is 136 Å². The van der Waals surface area contributed by atoms with Gasteiger partial charge in [0, 0.05) is 11.8 Å². The number of hydrogen-bond donors (Lipinski definition) is 0. The number of hydrogen-bond acceptors (Lipinski definition) is 0. The second-order valence-corrected chi connectivity index (χ2v) is 11.9. The van der Waals surface area contributed by atoms with Crippen molar-refractivity contribution in [3.63, 3.8) is 0 Å². The molecule has 3 aliphatic carbocycles. The third kappa shape index (κ3) is 5.27. The summed E-state index contributed by atoms with van der Waals surface area (Å²) in [5.41, 5.74) is 15.1. The van der Waals surface area contributed by atoms with Gasteiger partial charge in [-0.3, -0.25) is 0 Å². The maximum absolute atomic E-state index is 4.77. The van der Waals surface area contributed by atoms with Crippen LogP contribution < -0.4 is 0 Å². The van der Waals surface area contributed by atoms with Crippen LogP contribution in [0.5, 0.6) is 0 Å². The monoisotopic (exact) mass is 512 g/mol. The Kier molecular flexibility index (Phi) is 7.94. The molecule has 0 amide bonds. The van der Waals surface area contributed by atoms with Gasteiger partial charge < -0.3 is 0 Å². The molecule has 200 valence electrons. The van der Waals surface area contributed by atoms with Gasteiger partial charge in [-0.25, -0.2) is 0 Å². The van der Waals surface area contributed by atoms with Crippen LogP contribution in [0.4, 0.5) is 0 Å². The van der Waals surface area contributed by atoms with E-state index < -0.39 is 0 Å². The number of allylic oxidation sites excluding steroid dienone is 11. The summed E-state index contributed by atoms with van der Waals surface area (Å²) in [5, 5.41) is 0. The van der Waals surface area contributed by atoms with Gasteiger partial charge in [-0.15, -0.1) is 0 Å². The predicted molar refractivity (Wildman–Crippen MR) is 171 cm³/mol. The number of rotatable bonds is 8. The second kappa shape index (κ2) is 11.4. The van der Waals surface area contributed by atoms with E-state index in [2.05, 4.69) is 114 Å². The van der Waals surface area contributed by atoms with Gasteiger partial charge in [-0.05, 0) is 89.0 Å². The number of aryl methyl sites for hydroxylation is 1. The molecule has 2 aromatic carbocycles. The van der Waals surface area contributed by atoms with E-state index in [1.165, 1.54) is 50.1 Å². The average Bonchev–Trinajstić information content (AvgIpc) is 3.52. The standard InChI is InChI=1S/C39H44/c1-8-12-26(5)37-27(6)21-35-24-34(28(7)38(35)39(37)36-14-11-10-13-30(36)9-2)23-29-15-16-33(22-29)32-19-17-31(18-20-32)25(3)4/h10-11,13-21,23,27,37-39H,3,5,7-9,12,22,24H2,1-2,4,6H3/b34-23-. The molecule has 0 bridgehead atoms. The topological polar surface area (TPSA) is 0 Å². The molecular weight excluding hydrogens is 468 g/mol. The predicted octanol–water partition coefficient (Wildman–Crippen LogP) is 10.8. The molecule has 0 heteroatoms. The molecule has 39 heavy (non-hydrogen) atoms. The van der Waals surface area contributed by atoms with E-state index in [1.807, 2.05) is 0 Å². The van der Waals surface area contributed by atoms with Gasteiger partial charge in [0.15, 0.2) is 0 Å². The molecule has 0 aromatic heterocycles. The summed E-state index contributed by atoms with van der Waals surface area (Å²) >= 11 is 0. The van der Waals surface area contributed by atoms with E-state index in [4.69, 9.17) is 6.58 Å². The summed E-state index contributed by atoms with van der Waals surface area (Å²) in [5.74, 6) is 1.71. The van der Waals surface area contributed by atoms with Crippen LogP contribution in [0.15, 0.2) is 120 Å². The van der Waals surface area contributed by atoms with E-state index in [9.17, 15) is 0 Å². The molecule has 0 nitrogen and oxygen atoms in total. The van der Waals surface area contributed by atoms with Crippen molar-refractivity contribution in [2.24, 2.45) is 17.8 Å². The molecule has 0 heterocycles. The quantitative estimate of drug-likeness (QED) is 0.309. The van der Waals surface area contributed by atoms with Gasteiger partial charge in [0.05, 0.1) is 0 Å². The second-order valence-electron chi connectivity index (χ2n) is 11.9. The molecule has 4 atom stereocenters. The number of benzene rings is 2. The van der Waals surface area contributed by atoms with Crippen molar-refractivity contribution >= 4 is 11.1 Å². The van der Waals surface area contributed by atoms with Crippen molar-refractivity contribution in [2.75, 3.05) is 0 Å². The molecule has 2 aromatic rings. The molecule has 4 unspecified atom stereocenters. The van der Waals surface area contributed by atoms with Gasteiger partial charge in [0.1, 0.15) is 0 Å². The lowest BCUT2D eigenvalue weighted by atomic mass is 9.61. The Bertz CT molecular complexity index is 1410. The van der Waals surface area contributed by atoms with Gasteiger partial charge in [0.25, 0.3) is 0 Å². The minimum atomic E-state index is 0.364. The SMILES string of the molecule is C=C(C)c1ccc(C2=CC=C(/C=C3/CC4=CC(C)C(C(=C)CCC)C(c5ccccc5CC)C4C3=C)C2)cc1. The Morgan fingerprint density at radius 1 is 0.974 bits per heavy atom. The van der Waals surface area contributed by atoms with Crippen LogP contribution in [0.1, 0.15) is 81.5 Å². The van der Waals surface area contributed by atoms with Crippen molar-refractivity contribution in [1.29, 1.82) is 0 Å². The van der Waals surface area contributed by atoms with Crippen molar-refractivity contribution in [3.8, 4) is 0 Å². The first-order chi connectivity index (χ1) is 18.8. The Morgan fingerprint density at radius 3 is 2.41 bits per heavy atom. The van der Waals surface area contributed by atoms with Crippen LogP contribution in [0.3, 0.4) is 0 Å². The van der Waals surface area contributed by atoms with Crippen LogP contribution in [0.25, 0.3) is 11.1 Å². The Hall–Kier alpha value is -3.38. The highest BCUT2D eigenvalue weighted by Crippen LogP contribution is 2.57. The summed E-state index contributed by atoms with van der Waals surface area (Å²) < 4.78 is 0. The van der Waals surface area contributed by atoms with Crippen molar-refractivity contribution in [1.82, 2.24) is 0 Å². The molecule has 1 saturated carbocycles. The zero-order chi connectivity index (χ0) is 27.7. The Labute approximate surface area is 236 Å². The van der Waals surface area contributed by atoms with E-state index in [0.717, 1.165) is 37.7 Å². The summed E-state index contributed by atoms with van der Waals surface area (Å²) in [6.45, 7) is 22.5. The van der Waals surface area contributed by atoms with E-state index >= 15 is 0 Å². The first-order valence-electron chi connectivity index (χ1n) is 14.8. The molecule has 0 N–H and O–H groups in total. The summed E-state index contributed by atoms with van der Waals surface area (Å²) in [4.78, 5) is 0. The lowest BCUT2D eigenvalue weighted by molar-refractivity contribution is 0.321. The lowest BCUT2D eigenvalue weighted by Crippen LogP contribution is -2.32. The zero-order valence-corrected chi connectivity index (χ0v) is 24.4. The van der Waals surface area contributed by atoms with Gasteiger partial charge >= 0.3 is 0 Å². The average molecular weight is 513 g/mol. The summed E-state index contributed by atoms with van der Waals surface area (Å²) in [6, 6.07) is 18.0. The van der Waals surface area contributed by atoms with Crippen molar-refractivity contribution in [3.05, 3.63) is 143 Å². The zero-order valence-electron chi connectivity index (χ0n) is 24.4. The smallest absolute Gasteiger partial charge is 0.0123 e. The lowest BCUT2D eigenvalue weighted by Gasteiger charge is -2.42. The molecular formula is C39H44. The van der Waals surface area contributed by atoms with Crippen LogP contribution in [0.2, 0.25) is 0 Å². The molecule has 1 fully saturated rings. The first-order valence-corrected chi connectivity index (χ1v) is 14.8. The molecule has 0 radical (unpaired) electrons. The van der Waals surface area contributed by atoms with Crippen molar-refractivity contribution < 1.29 is 0 Å². The molecule has 0 saturated heterocycles. The fraction of sp³-hybridized carbons (Fsp3) is 0.333. The number of fused-ring (bicyclic) bond motifs is 1. The maximum atomic E-state index is 4.77.